The van der Waals surface area contributed by atoms with Crippen LogP contribution in [0.5, 0.6) is 17.2 Å². The van der Waals surface area contributed by atoms with Crippen LogP contribution in [0.2, 0.25) is 0 Å². The quantitative estimate of drug-likeness (QED) is 0.322. The highest BCUT2D eigenvalue weighted by Crippen LogP contribution is 2.46. The highest BCUT2D eigenvalue weighted by Gasteiger charge is 2.74. The number of hydrogen-bond donors (Lipinski definition) is 0. The van der Waals surface area contributed by atoms with E-state index in [1.807, 2.05) is 0 Å². The molecule has 6 rings (SSSR count). The lowest BCUT2D eigenvalue weighted by molar-refractivity contribution is -0.465. The molecule has 3 aromatic rings. The van der Waals surface area contributed by atoms with Crippen molar-refractivity contribution in [3.63, 3.8) is 0 Å². The third kappa shape index (κ3) is 6.28. The molecule has 15 heteroatoms. The maximum atomic E-state index is 13.8. The van der Waals surface area contributed by atoms with E-state index in [-0.39, 0.29) is 26.2 Å². The van der Waals surface area contributed by atoms with Crippen LogP contribution < -0.4 is 14.2 Å². The Bertz CT molecular complexity index is 1790. The monoisotopic (exact) mass is 675 g/mol. The van der Waals surface area contributed by atoms with Crippen molar-refractivity contribution >= 4 is 23.9 Å². The minimum absolute atomic E-state index is 0.0209. The molecule has 0 bridgehead atoms. The topological polar surface area (TPSA) is 152 Å². The van der Waals surface area contributed by atoms with Crippen molar-refractivity contribution in [1.82, 2.24) is 14.8 Å². The lowest BCUT2D eigenvalue weighted by Gasteiger charge is -2.55. The fraction of sp³-hybridized carbons (Fsp3) is 0.265. The standard InChI is InChI=1S/C34H30FN3O11/c1-43-26-17-23(18-27(44-2)32(26)45-3)25-16-22(12-13-36-25)20-38-15-14-37(19-21-4-6-24(35)7-5-21)33(46-28(39)8-9-29(40)47-33)34(38)48-30(41)10-11-31(42)49-34/h4-13,16-18H,14-15,19-20H2,1-3H3. The van der Waals surface area contributed by atoms with Crippen LogP contribution >= 0.6 is 0 Å². The largest absolute Gasteiger partial charge is 0.493 e. The van der Waals surface area contributed by atoms with Gasteiger partial charge in [-0.15, -0.1) is 0 Å². The van der Waals surface area contributed by atoms with Crippen LogP contribution in [0.25, 0.3) is 11.3 Å². The summed E-state index contributed by atoms with van der Waals surface area (Å²) in [5.41, 5.74) is 2.19. The molecule has 0 saturated carbocycles. The molecular weight excluding hydrogens is 645 g/mol. The number of piperazine rings is 1. The average Bonchev–Trinajstić information content (AvgIpc) is 3.35. The molecule has 2 aromatic carbocycles. The Kier molecular flexibility index (Phi) is 9.03. The molecular formula is C34H30FN3O11. The number of benzene rings is 2. The summed E-state index contributed by atoms with van der Waals surface area (Å²) in [6.45, 7) is -0.171. The molecule has 4 heterocycles. The molecule has 0 unspecified atom stereocenters. The number of carbonyl (C=O) groups is 4. The second-order valence-corrected chi connectivity index (χ2v) is 10.9. The molecule has 14 nitrogen and oxygen atoms in total. The lowest BCUT2D eigenvalue weighted by Crippen LogP contribution is -2.80. The maximum absolute atomic E-state index is 13.8. The van der Waals surface area contributed by atoms with E-state index in [4.69, 9.17) is 33.2 Å². The van der Waals surface area contributed by atoms with Crippen LogP contribution in [0.15, 0.2) is 79.0 Å². The Hall–Kier alpha value is -5.80. The van der Waals surface area contributed by atoms with Gasteiger partial charge in [-0.05, 0) is 47.5 Å². The number of fused-ring (bicyclic) bond motifs is 1. The van der Waals surface area contributed by atoms with E-state index in [2.05, 4.69) is 4.98 Å². The van der Waals surface area contributed by atoms with Crippen molar-refractivity contribution in [2.75, 3.05) is 34.4 Å². The number of ether oxygens (including phenoxy) is 7. The van der Waals surface area contributed by atoms with Gasteiger partial charge in [0.15, 0.2) is 11.5 Å². The molecule has 254 valence electrons. The van der Waals surface area contributed by atoms with Crippen molar-refractivity contribution in [1.29, 1.82) is 0 Å². The number of aromatic nitrogens is 1. The van der Waals surface area contributed by atoms with E-state index in [1.165, 1.54) is 55.4 Å². The van der Waals surface area contributed by atoms with Crippen LogP contribution in [0.1, 0.15) is 11.1 Å². The molecule has 49 heavy (non-hydrogen) atoms. The van der Waals surface area contributed by atoms with Gasteiger partial charge in [-0.1, -0.05) is 12.1 Å². The molecule has 3 aliphatic rings. The second-order valence-electron chi connectivity index (χ2n) is 10.9. The summed E-state index contributed by atoms with van der Waals surface area (Å²) < 4.78 is 53.5. The third-order valence-corrected chi connectivity index (χ3v) is 7.98. The predicted octanol–water partition coefficient (Wildman–Crippen LogP) is 2.85. The summed E-state index contributed by atoms with van der Waals surface area (Å²) >= 11 is 0. The van der Waals surface area contributed by atoms with E-state index in [1.54, 1.807) is 30.5 Å². The number of hydrogen-bond acceptors (Lipinski definition) is 14. The third-order valence-electron chi connectivity index (χ3n) is 7.98. The Morgan fingerprint density at radius 1 is 0.673 bits per heavy atom. The fourth-order valence-electron chi connectivity index (χ4n) is 5.80. The van der Waals surface area contributed by atoms with Crippen molar-refractivity contribution in [3.8, 4) is 28.5 Å². The lowest BCUT2D eigenvalue weighted by atomic mass is 10.1. The van der Waals surface area contributed by atoms with Gasteiger partial charge in [0.2, 0.25) is 5.75 Å². The molecule has 0 amide bonds. The summed E-state index contributed by atoms with van der Waals surface area (Å²) in [7, 11) is 4.47. The minimum Gasteiger partial charge on any atom is -0.493 e. The van der Waals surface area contributed by atoms with Crippen LogP contribution in [0.4, 0.5) is 4.39 Å². The highest BCUT2D eigenvalue weighted by molar-refractivity contribution is 5.95. The van der Waals surface area contributed by atoms with Gasteiger partial charge in [-0.25, -0.2) is 33.4 Å². The van der Waals surface area contributed by atoms with Crippen LogP contribution in [-0.4, -0.2) is 84.9 Å². The number of halogens is 1. The number of esters is 4. The molecule has 1 saturated heterocycles. The minimum atomic E-state index is -2.67. The highest BCUT2D eigenvalue weighted by atomic mass is 19.1. The normalized spacial score (nSPS) is 18.6. The summed E-state index contributed by atoms with van der Waals surface area (Å²) in [4.78, 5) is 59.7. The number of methoxy groups -OCH3 is 3. The van der Waals surface area contributed by atoms with Gasteiger partial charge in [-0.3, -0.25) is 4.98 Å². The van der Waals surface area contributed by atoms with E-state index in [0.717, 1.165) is 24.3 Å². The summed E-state index contributed by atoms with van der Waals surface area (Å²) in [5.74, 6) is -8.82. The van der Waals surface area contributed by atoms with Crippen molar-refractivity contribution < 1.29 is 56.7 Å². The van der Waals surface area contributed by atoms with Gasteiger partial charge >= 0.3 is 35.7 Å². The number of nitrogens with zero attached hydrogens (tertiary/aromatic N) is 3. The maximum Gasteiger partial charge on any atom is 0.420 e. The first-order chi connectivity index (χ1) is 23.6. The van der Waals surface area contributed by atoms with Crippen LogP contribution in [0.3, 0.4) is 0 Å². The first-order valence-electron chi connectivity index (χ1n) is 14.9. The van der Waals surface area contributed by atoms with Gasteiger partial charge in [0.1, 0.15) is 5.82 Å². The van der Waals surface area contributed by atoms with Crippen molar-refractivity contribution in [2.45, 2.75) is 24.9 Å². The van der Waals surface area contributed by atoms with Crippen molar-refractivity contribution in [3.05, 3.63) is 96.0 Å². The van der Waals surface area contributed by atoms with E-state index in [0.29, 0.717) is 39.6 Å². The Balaban J connectivity index is 1.46. The molecule has 3 aliphatic heterocycles. The van der Waals surface area contributed by atoms with Gasteiger partial charge < -0.3 is 33.2 Å². The van der Waals surface area contributed by atoms with E-state index in [9.17, 15) is 23.6 Å². The molecule has 0 atom stereocenters. The SMILES string of the molecule is COc1cc(-c2cc(CN3CCN(Cc4ccc(F)cc4)C4(OC(=O)C=CC(=O)O4)C34OC(=O)C=CC(=O)O4)ccn2)cc(OC)c1OC. The van der Waals surface area contributed by atoms with Crippen LogP contribution in [-0.2, 0) is 51.2 Å². The van der Waals surface area contributed by atoms with E-state index >= 15 is 0 Å². The Morgan fingerprint density at radius 2 is 1.14 bits per heavy atom. The van der Waals surface area contributed by atoms with Gasteiger partial charge in [0.25, 0.3) is 0 Å². The molecule has 2 spiro atoms. The molecule has 1 fully saturated rings. The average molecular weight is 676 g/mol. The first kappa shape index (κ1) is 33.1. The molecule has 0 aliphatic carbocycles. The number of pyridine rings is 1. The molecule has 1 aromatic heterocycles. The van der Waals surface area contributed by atoms with Gasteiger partial charge in [0, 0.05) is 62.2 Å². The number of carbonyl (C=O) groups excluding carboxylic acids is 4. The summed E-state index contributed by atoms with van der Waals surface area (Å²) in [5, 5.41) is 0. The van der Waals surface area contributed by atoms with Crippen molar-refractivity contribution in [2.24, 2.45) is 0 Å². The van der Waals surface area contributed by atoms with Crippen LogP contribution in [0, 0.1) is 5.82 Å². The van der Waals surface area contributed by atoms with E-state index < -0.39 is 41.5 Å². The fourth-order valence-corrected chi connectivity index (χ4v) is 5.80. The molecule has 0 radical (unpaired) electrons. The summed E-state index contributed by atoms with van der Waals surface area (Å²) in [6, 6.07) is 12.3. The first-order valence-corrected chi connectivity index (χ1v) is 14.9. The zero-order valence-electron chi connectivity index (χ0n) is 26.5. The smallest absolute Gasteiger partial charge is 0.420 e. The van der Waals surface area contributed by atoms with Gasteiger partial charge in [0.05, 0.1) is 27.0 Å². The Labute approximate surface area is 279 Å². The molecule has 0 N–H and O–H groups in total. The predicted molar refractivity (Wildman–Crippen MR) is 165 cm³/mol. The zero-order chi connectivity index (χ0) is 34.8. The van der Waals surface area contributed by atoms with Gasteiger partial charge in [-0.2, -0.15) is 0 Å². The second kappa shape index (κ2) is 13.4. The number of rotatable bonds is 8. The zero-order valence-corrected chi connectivity index (χ0v) is 26.5. The Morgan fingerprint density at radius 3 is 1.59 bits per heavy atom. The summed E-state index contributed by atoms with van der Waals surface area (Å²) in [6.07, 6.45) is 4.91.